The van der Waals surface area contributed by atoms with E-state index in [0.717, 1.165) is 0 Å². The molecule has 0 spiro atoms. The van der Waals surface area contributed by atoms with Gasteiger partial charge in [-0.2, -0.15) is 0 Å². The van der Waals surface area contributed by atoms with Gasteiger partial charge in [-0.05, 0) is 174 Å². The maximum atomic E-state index is 17.8. The van der Waals surface area contributed by atoms with Gasteiger partial charge >= 0.3 is 12.0 Å². The van der Waals surface area contributed by atoms with E-state index in [1.165, 1.54) is 26.0 Å². The molecule has 23 unspecified atom stereocenters. The van der Waals surface area contributed by atoms with E-state index in [2.05, 4.69) is 31.9 Å². The largest absolute Gasteiger partial charge is 0.459 e. The maximum absolute atomic E-state index is 17.8. The number of aliphatic hydroxyl groups is 7. The monoisotopic (exact) mass is 1540 g/mol. The quantitative estimate of drug-likeness (QED) is 0.0550. The van der Waals surface area contributed by atoms with Crippen molar-refractivity contribution in [3.63, 3.8) is 0 Å². The smallest absolute Gasteiger partial charge is 0.321 e. The van der Waals surface area contributed by atoms with Crippen LogP contribution in [0.3, 0.4) is 0 Å². The van der Waals surface area contributed by atoms with Crippen molar-refractivity contribution in [2.45, 2.75) is 289 Å². The zero-order valence-corrected chi connectivity index (χ0v) is 66.9. The summed E-state index contributed by atoms with van der Waals surface area (Å²) in [6.45, 7) is 24.8. The second-order valence-corrected chi connectivity index (χ2v) is 34.7. The normalized spacial score (nSPS) is 40.0. The predicted molar refractivity (Wildman–Crippen MR) is 400 cm³/mol. The first kappa shape index (κ1) is 88.6. The highest BCUT2D eigenvalue weighted by Crippen LogP contribution is 2.70. The number of halogens is 1. The van der Waals surface area contributed by atoms with E-state index in [4.69, 9.17) is 23.7 Å². The molecule has 3 aliphatic heterocycles. The Bertz CT molecular complexity index is 3420. The first-order chi connectivity index (χ1) is 50.8. The first-order valence-electron chi connectivity index (χ1n) is 39.3. The van der Waals surface area contributed by atoms with Crippen LogP contribution >= 0.6 is 0 Å². The Morgan fingerprint density at radius 2 is 1.45 bits per heavy atom. The molecule has 3 saturated carbocycles. The van der Waals surface area contributed by atoms with E-state index >= 15 is 4.39 Å². The third-order valence-corrected chi connectivity index (χ3v) is 25.1. The van der Waals surface area contributed by atoms with Crippen molar-refractivity contribution in [1.82, 2.24) is 41.7 Å². The van der Waals surface area contributed by atoms with Crippen molar-refractivity contribution < 1.29 is 102 Å². The van der Waals surface area contributed by atoms with Crippen molar-refractivity contribution >= 4 is 47.3 Å². The van der Waals surface area contributed by atoms with Gasteiger partial charge < -0.3 is 90.9 Å². The molecule has 7 amide bonds. The molecular weight excluding hydrogens is 1410 g/mol. The van der Waals surface area contributed by atoms with Gasteiger partial charge in [-0.1, -0.05) is 90.4 Å². The molecular formula is C80H127FN8O20. The predicted octanol–water partition coefficient (Wildman–Crippen LogP) is 3.56. The molecule has 614 valence electrons. The van der Waals surface area contributed by atoms with E-state index in [-0.39, 0.29) is 94.2 Å². The number of likely N-dealkylation sites (N-methyl/N-ethyl adjacent to an activating group) is 1. The van der Waals surface area contributed by atoms with Crippen LogP contribution in [0.5, 0.6) is 0 Å². The van der Waals surface area contributed by atoms with Crippen LogP contribution < -0.4 is 31.9 Å². The van der Waals surface area contributed by atoms with Gasteiger partial charge in [-0.3, -0.25) is 43.8 Å². The van der Waals surface area contributed by atoms with Crippen LogP contribution in [0.4, 0.5) is 9.18 Å². The highest BCUT2D eigenvalue weighted by molar-refractivity contribution is 6.01. The van der Waals surface area contributed by atoms with Gasteiger partial charge in [0.05, 0.1) is 60.7 Å². The second kappa shape index (κ2) is 36.0. The zero-order chi connectivity index (χ0) is 81.0. The number of ketones is 1. The summed E-state index contributed by atoms with van der Waals surface area (Å²) in [5, 5.41) is 99.3. The number of carbonyl (C=O) groups is 8. The summed E-state index contributed by atoms with van der Waals surface area (Å²) in [5.41, 5.74) is -8.48. The fourth-order valence-electron chi connectivity index (χ4n) is 19.4. The summed E-state index contributed by atoms with van der Waals surface area (Å²) in [7, 11) is 3.66. The number of fused-ring (bicyclic) bond motifs is 5. The minimum absolute atomic E-state index is 0.0143. The fraction of sp³-hybridized carbons (Fsp3) is 0.775. The lowest BCUT2D eigenvalue weighted by molar-refractivity contribution is -0.316. The van der Waals surface area contributed by atoms with Crippen molar-refractivity contribution in [3.8, 4) is 0 Å². The summed E-state index contributed by atoms with van der Waals surface area (Å²) < 4.78 is 49.8. The van der Waals surface area contributed by atoms with Crippen molar-refractivity contribution in [1.29, 1.82) is 0 Å². The van der Waals surface area contributed by atoms with Gasteiger partial charge in [0.1, 0.15) is 42.1 Å². The molecule has 1 aromatic rings. The number of ether oxygens (including phenoxy) is 5. The standard InChI is InChI=1S/C80H127FN8O20/c1-18-59-79(15,104)66(95)48(9)89(41-43(4)36-78(14,103)68(109-73-64(94)57(88(16)17)33-45(6)105-73)46(7)65(47(8)72(100)107-59)108-62-38-77(13,102)67(96)49(10)106-62)30-22-29-82-60(92)39-83-69(97)55(31-42(2)3)86-70(98)56(34-50-23-20-19-21-24-50)85-61(93)40-84-74(101)87-71(99)63-44(5)32-54-53-26-25-51-35-52(90)27-28-76(51,12)80(53,81)58(91)37-75(54,63)11/h19-21,23-24,27-28,35,42-49,53-59,62-68,73,91,94-96,102-104H,18,22,25-26,29-34,36-41H2,1-17H3,(H,82,92)(H,83,97)(H,85,93)(H,86,98)(H2,84,87,99,101)/t43?,44-,45?,46?,47?,48?,49?,53?,54?,55?,56?,57?,58+,59?,62?,63?,64?,65?,66?,67?,68?,73?,75+,76+,77?,78?,79?,80+/m1/s1. The lowest BCUT2D eigenvalue weighted by Crippen LogP contribution is -2.67. The lowest BCUT2D eigenvalue weighted by atomic mass is 9.45. The number of imide groups is 1. The number of hydrogen-bond acceptors (Lipinski definition) is 22. The van der Waals surface area contributed by atoms with Crippen LogP contribution in [-0.4, -0.2) is 254 Å². The van der Waals surface area contributed by atoms with Crippen LogP contribution in [0.1, 0.15) is 174 Å². The van der Waals surface area contributed by atoms with Crippen molar-refractivity contribution in [3.05, 3.63) is 59.7 Å². The van der Waals surface area contributed by atoms with Crippen LogP contribution in [-0.2, 0) is 63.7 Å². The summed E-state index contributed by atoms with van der Waals surface area (Å²) in [6.07, 6.45) is -6.74. The Morgan fingerprint density at radius 1 is 0.780 bits per heavy atom. The third-order valence-electron chi connectivity index (χ3n) is 25.1. The third kappa shape index (κ3) is 20.0. The first-order valence-corrected chi connectivity index (χ1v) is 39.3. The number of cyclic esters (lactones) is 1. The average molecular weight is 1540 g/mol. The molecule has 29 heteroatoms. The summed E-state index contributed by atoms with van der Waals surface area (Å²) in [5.74, 6) is -9.35. The highest BCUT2D eigenvalue weighted by Gasteiger charge is 2.72. The molecule has 3 heterocycles. The molecule has 13 N–H and O–H groups in total. The number of alkyl halides is 1. The highest BCUT2D eigenvalue weighted by atomic mass is 19.1. The Labute approximate surface area is 641 Å². The van der Waals surface area contributed by atoms with Crippen LogP contribution in [0.2, 0.25) is 0 Å². The topological polar surface area (TPSA) is 403 Å². The Morgan fingerprint density at radius 3 is 2.09 bits per heavy atom. The van der Waals surface area contributed by atoms with Gasteiger partial charge in [-0.15, -0.1) is 0 Å². The number of rotatable bonds is 23. The number of amides is 7. The van der Waals surface area contributed by atoms with Crippen molar-refractivity contribution in [2.24, 2.45) is 58.2 Å². The zero-order valence-electron chi connectivity index (χ0n) is 66.9. The lowest BCUT2D eigenvalue weighted by Gasteiger charge is -2.61. The summed E-state index contributed by atoms with van der Waals surface area (Å²) in [4.78, 5) is 114. The number of allylic oxidation sites excluding steroid dienone is 4. The van der Waals surface area contributed by atoms with Crippen LogP contribution in [0, 0.1) is 58.2 Å². The molecule has 28 nitrogen and oxygen atoms in total. The molecule has 4 aliphatic carbocycles. The van der Waals surface area contributed by atoms with Gasteiger partial charge in [0.25, 0.3) is 0 Å². The van der Waals surface area contributed by atoms with Gasteiger partial charge in [0, 0.05) is 67.7 Å². The maximum Gasteiger partial charge on any atom is 0.321 e. The van der Waals surface area contributed by atoms with E-state index in [9.17, 15) is 74.1 Å². The number of hydrogen-bond donors (Lipinski definition) is 13. The number of urea groups is 1. The van der Waals surface area contributed by atoms with E-state index < -0.39 is 203 Å². The number of esters is 1. The number of benzene rings is 1. The van der Waals surface area contributed by atoms with Gasteiger partial charge in [-0.25, -0.2) is 9.18 Å². The Kier molecular flexibility index (Phi) is 29.3. The fourth-order valence-corrected chi connectivity index (χ4v) is 19.4. The number of nitrogens with zero attached hydrogens (tertiary/aromatic N) is 2. The van der Waals surface area contributed by atoms with Crippen LogP contribution in [0.15, 0.2) is 54.1 Å². The molecule has 8 rings (SSSR count). The Hall–Kier alpha value is -5.93. The number of carbonyl (C=O) groups excluding carboxylic acids is 8. The van der Waals surface area contributed by atoms with E-state index in [1.54, 1.807) is 84.9 Å². The molecule has 109 heavy (non-hydrogen) atoms. The minimum Gasteiger partial charge on any atom is -0.459 e. The molecule has 1 aromatic carbocycles. The number of aliphatic hydroxyl groups excluding tert-OH is 4. The number of nitrogens with one attached hydrogen (secondary N) is 6. The van der Waals surface area contributed by atoms with E-state index in [1.807, 2.05) is 65.4 Å². The average Bonchev–Trinajstić information content (AvgIpc) is 1.65. The summed E-state index contributed by atoms with van der Waals surface area (Å²) in [6, 6.07) is 4.03. The van der Waals surface area contributed by atoms with Crippen LogP contribution in [0.25, 0.3) is 0 Å². The second-order valence-electron chi connectivity index (χ2n) is 34.7. The molecule has 0 radical (unpaired) electrons. The molecule has 6 fully saturated rings. The molecule has 7 aliphatic rings. The van der Waals surface area contributed by atoms with Gasteiger partial charge in [0.15, 0.2) is 24.0 Å². The Balaban J connectivity index is 0.900. The molecule has 28 atom stereocenters. The molecule has 0 aromatic heterocycles. The van der Waals surface area contributed by atoms with Crippen molar-refractivity contribution in [2.75, 3.05) is 46.8 Å². The SMILES string of the molecule is CCC1OC(=O)C(C)C(OC2CC(C)(O)C(O)C(C)O2)C(C)C(OC2OC(C)CC(N(C)C)C2O)C(C)(O)CC(C)CN(CCCNC(=O)CNC(=O)C(CC(C)C)NC(=O)C(Cc2ccccc2)NC(=O)CNC(=O)NC(=O)C2[C@H](C)CC3C4CCC5=CC(=O)C=C[C@]5(C)[C@@]4(F)[C@@H](O)C[C@@]32C)C(C)C(O)C1(C)O. The molecule has 0 bridgehead atoms. The molecule has 3 saturated heterocycles. The van der Waals surface area contributed by atoms with E-state index in [0.29, 0.717) is 36.8 Å². The summed E-state index contributed by atoms with van der Waals surface area (Å²) >= 11 is 0. The van der Waals surface area contributed by atoms with Gasteiger partial charge in [0.2, 0.25) is 29.5 Å². The minimum atomic E-state index is -2.10.